The Hall–Kier alpha value is -4.20. The number of nitrogens with zero attached hydrogens (tertiary/aromatic N) is 2. The Morgan fingerprint density at radius 2 is 2.06 bits per heavy atom. The number of methoxy groups -OCH3 is 1. The highest BCUT2D eigenvalue weighted by molar-refractivity contribution is 6.00. The van der Waals surface area contributed by atoms with Gasteiger partial charge in [-0.05, 0) is 54.4 Å². The summed E-state index contributed by atoms with van der Waals surface area (Å²) >= 11 is 0. The average Bonchev–Trinajstić information content (AvgIpc) is 3.22. The Kier molecular flexibility index (Phi) is 5.61. The van der Waals surface area contributed by atoms with Gasteiger partial charge in [0, 0.05) is 18.3 Å². The lowest BCUT2D eigenvalue weighted by Crippen LogP contribution is -2.26. The quantitative estimate of drug-likeness (QED) is 0.273. The molecule has 0 saturated carbocycles. The maximum absolute atomic E-state index is 12.8. The van der Waals surface area contributed by atoms with E-state index in [-0.39, 0.29) is 11.7 Å². The van der Waals surface area contributed by atoms with Gasteiger partial charge in [0.2, 0.25) is 0 Å². The standard InChI is InChI=1S/C23H22N6O2/c1-31-16-5-2-4-14(12-16)9-11-27-23(30)17-6-3-10-26-20(17)22-28-18-8-7-15(21(24)25)13-19(18)29-22/h2-8,10,12-13H,9,11H2,1H3,(H3,24,25)(H,27,30)(H,28,29). The molecule has 2 aromatic carbocycles. The van der Waals surface area contributed by atoms with E-state index in [0.29, 0.717) is 41.1 Å². The van der Waals surface area contributed by atoms with E-state index in [1.165, 1.54) is 0 Å². The number of nitrogens with two attached hydrogens (primary N) is 1. The lowest BCUT2D eigenvalue weighted by molar-refractivity contribution is 0.0954. The Morgan fingerprint density at radius 1 is 1.19 bits per heavy atom. The number of rotatable bonds is 7. The number of ether oxygens (including phenoxy) is 1. The zero-order valence-electron chi connectivity index (χ0n) is 17.0. The van der Waals surface area contributed by atoms with Crippen LogP contribution in [0.1, 0.15) is 21.5 Å². The SMILES string of the molecule is COc1cccc(CCNC(=O)c2cccnc2-c2nc3cc(C(=N)N)ccc3[nH]2)c1. The first-order chi connectivity index (χ1) is 15.0. The summed E-state index contributed by atoms with van der Waals surface area (Å²) in [5.74, 6) is 1.02. The number of benzene rings is 2. The van der Waals surface area contributed by atoms with Crippen LogP contribution < -0.4 is 15.8 Å². The number of fused-ring (bicyclic) bond motifs is 1. The van der Waals surface area contributed by atoms with Gasteiger partial charge < -0.3 is 20.8 Å². The molecular formula is C23H22N6O2. The molecule has 2 aromatic heterocycles. The molecular weight excluding hydrogens is 392 g/mol. The van der Waals surface area contributed by atoms with Crippen LogP contribution >= 0.6 is 0 Å². The molecule has 8 heteroatoms. The van der Waals surface area contributed by atoms with Crippen LogP contribution in [0.3, 0.4) is 0 Å². The average molecular weight is 414 g/mol. The largest absolute Gasteiger partial charge is 0.497 e. The number of nitrogens with one attached hydrogen (secondary N) is 3. The van der Waals surface area contributed by atoms with Gasteiger partial charge in [-0.3, -0.25) is 15.2 Å². The predicted molar refractivity (Wildman–Crippen MR) is 119 cm³/mol. The van der Waals surface area contributed by atoms with Crippen molar-refractivity contribution in [2.45, 2.75) is 6.42 Å². The molecule has 0 aliphatic rings. The first-order valence-corrected chi connectivity index (χ1v) is 9.76. The van der Waals surface area contributed by atoms with Gasteiger partial charge in [-0.15, -0.1) is 0 Å². The second kappa shape index (κ2) is 8.66. The summed E-state index contributed by atoms with van der Waals surface area (Å²) in [5.41, 5.74) is 9.54. The molecule has 4 aromatic rings. The monoisotopic (exact) mass is 414 g/mol. The van der Waals surface area contributed by atoms with Crippen molar-refractivity contribution in [3.8, 4) is 17.3 Å². The van der Waals surface area contributed by atoms with Gasteiger partial charge in [-0.1, -0.05) is 12.1 Å². The number of carbonyl (C=O) groups excluding carboxylic acids is 1. The molecule has 0 fully saturated rings. The van der Waals surface area contributed by atoms with Crippen LogP contribution in [0.2, 0.25) is 0 Å². The van der Waals surface area contributed by atoms with E-state index < -0.39 is 0 Å². The number of aromatic nitrogens is 3. The molecule has 0 aliphatic carbocycles. The van der Waals surface area contributed by atoms with Crippen molar-refractivity contribution < 1.29 is 9.53 Å². The fraction of sp³-hybridized carbons (Fsp3) is 0.130. The van der Waals surface area contributed by atoms with Crippen molar-refractivity contribution >= 4 is 22.8 Å². The highest BCUT2D eigenvalue weighted by atomic mass is 16.5. The third kappa shape index (κ3) is 4.37. The number of aromatic amines is 1. The molecule has 0 atom stereocenters. The van der Waals surface area contributed by atoms with Crippen LogP contribution in [0, 0.1) is 5.41 Å². The molecule has 0 spiro atoms. The molecule has 8 nitrogen and oxygen atoms in total. The van der Waals surface area contributed by atoms with E-state index in [0.717, 1.165) is 16.8 Å². The molecule has 0 radical (unpaired) electrons. The molecule has 31 heavy (non-hydrogen) atoms. The van der Waals surface area contributed by atoms with Gasteiger partial charge in [0.25, 0.3) is 5.91 Å². The van der Waals surface area contributed by atoms with Gasteiger partial charge in [0.05, 0.1) is 23.7 Å². The number of hydrogen-bond donors (Lipinski definition) is 4. The molecule has 0 unspecified atom stereocenters. The van der Waals surface area contributed by atoms with E-state index in [2.05, 4.69) is 20.3 Å². The number of H-pyrrole nitrogens is 1. The molecule has 0 bridgehead atoms. The maximum atomic E-state index is 12.8. The molecule has 0 aliphatic heterocycles. The van der Waals surface area contributed by atoms with E-state index in [1.54, 1.807) is 43.6 Å². The molecule has 0 saturated heterocycles. The predicted octanol–water partition coefficient (Wildman–Crippen LogP) is 2.89. The van der Waals surface area contributed by atoms with E-state index >= 15 is 0 Å². The first kappa shape index (κ1) is 20.1. The topological polar surface area (TPSA) is 130 Å². The Bertz CT molecular complexity index is 1260. The minimum Gasteiger partial charge on any atom is -0.497 e. The minimum absolute atomic E-state index is 0.0274. The van der Waals surface area contributed by atoms with Gasteiger partial charge in [0.1, 0.15) is 17.3 Å². The summed E-state index contributed by atoms with van der Waals surface area (Å²) in [6, 6.07) is 16.5. The Balaban J connectivity index is 1.53. The van der Waals surface area contributed by atoms with Crippen LogP contribution in [-0.2, 0) is 6.42 Å². The normalized spacial score (nSPS) is 10.7. The number of carbonyl (C=O) groups is 1. The lowest BCUT2D eigenvalue weighted by Gasteiger charge is -2.09. The van der Waals surface area contributed by atoms with Crippen LogP contribution in [-0.4, -0.2) is 40.3 Å². The number of amidine groups is 1. The second-order valence-electron chi connectivity index (χ2n) is 6.99. The molecule has 2 heterocycles. The third-order valence-corrected chi connectivity index (χ3v) is 4.90. The maximum Gasteiger partial charge on any atom is 0.253 e. The smallest absolute Gasteiger partial charge is 0.253 e. The fourth-order valence-electron chi connectivity index (χ4n) is 3.31. The zero-order chi connectivity index (χ0) is 21.8. The molecule has 1 amide bonds. The summed E-state index contributed by atoms with van der Waals surface area (Å²) in [4.78, 5) is 25.0. The summed E-state index contributed by atoms with van der Waals surface area (Å²) in [6.45, 7) is 0.475. The summed E-state index contributed by atoms with van der Waals surface area (Å²) < 4.78 is 5.24. The van der Waals surface area contributed by atoms with Crippen LogP contribution in [0.25, 0.3) is 22.6 Å². The molecule has 156 valence electrons. The second-order valence-corrected chi connectivity index (χ2v) is 6.99. The van der Waals surface area contributed by atoms with Crippen molar-refractivity contribution in [2.75, 3.05) is 13.7 Å². The van der Waals surface area contributed by atoms with Gasteiger partial charge >= 0.3 is 0 Å². The van der Waals surface area contributed by atoms with Crippen molar-refractivity contribution in [1.82, 2.24) is 20.3 Å². The number of amides is 1. The van der Waals surface area contributed by atoms with Gasteiger partial charge in [0.15, 0.2) is 5.82 Å². The van der Waals surface area contributed by atoms with E-state index in [9.17, 15) is 4.79 Å². The van der Waals surface area contributed by atoms with E-state index in [4.69, 9.17) is 15.9 Å². The van der Waals surface area contributed by atoms with Gasteiger partial charge in [-0.25, -0.2) is 4.98 Å². The third-order valence-electron chi connectivity index (χ3n) is 4.90. The van der Waals surface area contributed by atoms with Crippen molar-refractivity contribution in [3.63, 3.8) is 0 Å². The van der Waals surface area contributed by atoms with Crippen LogP contribution in [0.4, 0.5) is 0 Å². The molecule has 5 N–H and O–H groups in total. The van der Waals surface area contributed by atoms with E-state index in [1.807, 2.05) is 24.3 Å². The number of hydrogen-bond acceptors (Lipinski definition) is 5. The number of nitrogen functional groups attached to an aromatic ring is 1. The number of pyridine rings is 1. The Labute approximate surface area is 179 Å². The summed E-state index contributed by atoms with van der Waals surface area (Å²) in [6.07, 6.45) is 2.30. The van der Waals surface area contributed by atoms with Gasteiger partial charge in [-0.2, -0.15) is 0 Å². The first-order valence-electron chi connectivity index (χ1n) is 9.76. The highest BCUT2D eigenvalue weighted by Gasteiger charge is 2.17. The fourth-order valence-corrected chi connectivity index (χ4v) is 3.31. The lowest BCUT2D eigenvalue weighted by atomic mass is 10.1. The highest BCUT2D eigenvalue weighted by Crippen LogP contribution is 2.23. The minimum atomic E-state index is -0.226. The van der Waals surface area contributed by atoms with Crippen LogP contribution in [0.5, 0.6) is 5.75 Å². The summed E-state index contributed by atoms with van der Waals surface area (Å²) in [5, 5.41) is 10.5. The van der Waals surface area contributed by atoms with Crippen molar-refractivity contribution in [2.24, 2.45) is 5.73 Å². The van der Waals surface area contributed by atoms with Crippen LogP contribution in [0.15, 0.2) is 60.8 Å². The number of imidazole rings is 1. The Morgan fingerprint density at radius 3 is 2.87 bits per heavy atom. The molecule has 4 rings (SSSR count). The van der Waals surface area contributed by atoms with Crippen molar-refractivity contribution in [3.05, 3.63) is 77.5 Å². The zero-order valence-corrected chi connectivity index (χ0v) is 17.0. The summed E-state index contributed by atoms with van der Waals surface area (Å²) in [7, 11) is 1.63. The van der Waals surface area contributed by atoms with Crippen molar-refractivity contribution in [1.29, 1.82) is 5.41 Å².